The van der Waals surface area contributed by atoms with Crippen molar-refractivity contribution in [3.8, 4) is 0 Å². The van der Waals surface area contributed by atoms with Gasteiger partial charge in [0.15, 0.2) is 0 Å². The van der Waals surface area contributed by atoms with E-state index in [1.54, 1.807) is 6.07 Å². The Labute approximate surface area is 199 Å². The Bertz CT molecular complexity index is 1230. The number of fused-ring (bicyclic) bond motifs is 1. The summed E-state index contributed by atoms with van der Waals surface area (Å²) in [5, 5.41) is 17.3. The average Bonchev–Trinajstić information content (AvgIpc) is 3.25. The fourth-order valence-corrected chi connectivity index (χ4v) is 4.35. The second-order valence-electron chi connectivity index (χ2n) is 8.65. The number of aromatic nitrogens is 3. The van der Waals surface area contributed by atoms with Crippen LogP contribution in [0.15, 0.2) is 36.5 Å². The van der Waals surface area contributed by atoms with E-state index in [1.807, 2.05) is 10.9 Å². The van der Waals surface area contributed by atoms with Gasteiger partial charge >= 0.3 is 12.1 Å². The number of pyridine rings is 1. The summed E-state index contributed by atoms with van der Waals surface area (Å²) in [6.45, 7) is 0.176. The molecule has 11 heteroatoms. The first-order chi connectivity index (χ1) is 16.7. The van der Waals surface area contributed by atoms with Crippen molar-refractivity contribution in [2.24, 2.45) is 5.92 Å². The van der Waals surface area contributed by atoms with E-state index >= 15 is 0 Å². The number of aliphatic hydroxyl groups is 1. The van der Waals surface area contributed by atoms with Crippen molar-refractivity contribution in [1.82, 2.24) is 14.8 Å². The molecule has 0 bridgehead atoms. The number of carbonyl (C=O) groups is 2. The SMILES string of the molecule is COC(=O)c1cc2nn([C@H]3CC[C@H](CO)CC3)cc2cc1NC(=O)Cc1cccc(C(F)(F)F)n1. The quantitative estimate of drug-likeness (QED) is 0.503. The number of hydrogen-bond donors (Lipinski definition) is 2. The summed E-state index contributed by atoms with van der Waals surface area (Å²) >= 11 is 0. The molecule has 1 aromatic carbocycles. The molecule has 0 atom stereocenters. The van der Waals surface area contributed by atoms with E-state index in [4.69, 9.17) is 4.74 Å². The molecule has 2 heterocycles. The largest absolute Gasteiger partial charge is 0.465 e. The molecule has 186 valence electrons. The monoisotopic (exact) mass is 490 g/mol. The second-order valence-corrected chi connectivity index (χ2v) is 8.65. The van der Waals surface area contributed by atoms with Crippen LogP contribution >= 0.6 is 0 Å². The molecule has 8 nitrogen and oxygen atoms in total. The highest BCUT2D eigenvalue weighted by Crippen LogP contribution is 2.33. The Kier molecular flexibility index (Phi) is 7.06. The molecule has 0 spiro atoms. The first-order valence-corrected chi connectivity index (χ1v) is 11.2. The van der Waals surface area contributed by atoms with E-state index in [0.29, 0.717) is 16.8 Å². The van der Waals surface area contributed by atoms with Gasteiger partial charge in [-0.05, 0) is 55.9 Å². The highest BCUT2D eigenvalue weighted by molar-refractivity contribution is 6.05. The Morgan fingerprint density at radius 2 is 1.94 bits per heavy atom. The maximum Gasteiger partial charge on any atom is 0.433 e. The van der Waals surface area contributed by atoms with Crippen LogP contribution in [0.25, 0.3) is 10.9 Å². The molecule has 1 aliphatic rings. The van der Waals surface area contributed by atoms with Crippen LogP contribution in [0.1, 0.15) is 53.5 Å². The number of aliphatic hydroxyl groups excluding tert-OH is 1. The van der Waals surface area contributed by atoms with E-state index in [0.717, 1.165) is 31.7 Å². The minimum Gasteiger partial charge on any atom is -0.465 e. The summed E-state index contributed by atoms with van der Waals surface area (Å²) in [7, 11) is 1.21. The predicted molar refractivity (Wildman–Crippen MR) is 121 cm³/mol. The summed E-state index contributed by atoms with van der Waals surface area (Å²) in [6, 6.07) is 6.63. The van der Waals surface area contributed by atoms with Gasteiger partial charge in [0.2, 0.25) is 5.91 Å². The number of hydrogen-bond acceptors (Lipinski definition) is 6. The zero-order valence-electron chi connectivity index (χ0n) is 19.0. The molecule has 0 aliphatic heterocycles. The number of anilines is 1. The number of methoxy groups -OCH3 is 1. The van der Waals surface area contributed by atoms with Gasteiger partial charge in [-0.2, -0.15) is 18.3 Å². The van der Waals surface area contributed by atoms with Gasteiger partial charge in [-0.25, -0.2) is 9.78 Å². The van der Waals surface area contributed by atoms with Crippen molar-refractivity contribution in [3.63, 3.8) is 0 Å². The molecule has 0 saturated heterocycles. The number of benzene rings is 1. The lowest BCUT2D eigenvalue weighted by molar-refractivity contribution is -0.141. The molecule has 0 radical (unpaired) electrons. The summed E-state index contributed by atoms with van der Waals surface area (Å²) in [5.74, 6) is -1.01. The number of halogens is 3. The number of nitrogens with one attached hydrogen (secondary N) is 1. The van der Waals surface area contributed by atoms with Crippen molar-refractivity contribution >= 4 is 28.5 Å². The van der Waals surface area contributed by atoms with Gasteiger partial charge in [-0.3, -0.25) is 9.48 Å². The Morgan fingerprint density at radius 1 is 1.20 bits per heavy atom. The minimum absolute atomic E-state index is 0.0516. The van der Waals surface area contributed by atoms with Gasteiger partial charge in [0.1, 0.15) is 5.69 Å². The third-order valence-corrected chi connectivity index (χ3v) is 6.23. The van der Waals surface area contributed by atoms with E-state index in [1.165, 1.54) is 25.3 Å². The van der Waals surface area contributed by atoms with Gasteiger partial charge in [0.05, 0.1) is 42.0 Å². The van der Waals surface area contributed by atoms with E-state index in [-0.39, 0.29) is 29.6 Å². The highest BCUT2D eigenvalue weighted by Gasteiger charge is 2.32. The number of rotatable bonds is 6. The third kappa shape index (κ3) is 5.61. The van der Waals surface area contributed by atoms with Crippen molar-refractivity contribution < 1.29 is 32.6 Å². The maximum atomic E-state index is 12.9. The number of alkyl halides is 3. The molecule has 4 rings (SSSR count). The van der Waals surface area contributed by atoms with Crippen molar-refractivity contribution in [1.29, 1.82) is 0 Å². The van der Waals surface area contributed by atoms with Crippen LogP contribution in [0.4, 0.5) is 18.9 Å². The fraction of sp³-hybridized carbons (Fsp3) is 0.417. The van der Waals surface area contributed by atoms with E-state index in [9.17, 15) is 27.9 Å². The zero-order valence-corrected chi connectivity index (χ0v) is 19.0. The average molecular weight is 490 g/mol. The molecular weight excluding hydrogens is 465 g/mol. The van der Waals surface area contributed by atoms with Crippen LogP contribution in [0, 0.1) is 5.92 Å². The summed E-state index contributed by atoms with van der Waals surface area (Å²) in [4.78, 5) is 28.5. The number of carbonyl (C=O) groups excluding carboxylic acids is 2. The van der Waals surface area contributed by atoms with Crippen molar-refractivity contribution in [2.45, 2.75) is 44.3 Å². The molecule has 2 N–H and O–H groups in total. The molecule has 35 heavy (non-hydrogen) atoms. The normalized spacial score (nSPS) is 18.4. The molecule has 1 amide bonds. The number of ether oxygens (including phenoxy) is 1. The van der Waals surface area contributed by atoms with E-state index < -0.39 is 30.2 Å². The minimum atomic E-state index is -4.62. The zero-order chi connectivity index (χ0) is 25.2. The molecular formula is C24H25F3N4O4. The lowest BCUT2D eigenvalue weighted by Gasteiger charge is -2.27. The first kappa shape index (κ1) is 24.6. The van der Waals surface area contributed by atoms with Crippen LogP contribution in [-0.2, 0) is 22.1 Å². The number of nitrogens with zero attached hydrogens (tertiary/aromatic N) is 3. The van der Waals surface area contributed by atoms with Gasteiger partial charge < -0.3 is 15.2 Å². The maximum absolute atomic E-state index is 12.9. The van der Waals surface area contributed by atoms with E-state index in [2.05, 4.69) is 15.4 Å². The molecule has 0 unspecified atom stereocenters. The number of esters is 1. The Morgan fingerprint density at radius 3 is 2.60 bits per heavy atom. The predicted octanol–water partition coefficient (Wildman–Crippen LogP) is 4.14. The standard InChI is InChI=1S/C24H25F3N4O4/c1-35-23(34)18-11-19-15(12-31(30-19)17-7-5-14(13-32)6-8-17)9-20(18)29-22(33)10-16-3-2-4-21(28-16)24(25,26)27/h2-4,9,11-12,14,17,32H,5-8,10,13H2,1H3,(H,29,33)/t14-,17-. The second kappa shape index (κ2) is 10.0. The highest BCUT2D eigenvalue weighted by atomic mass is 19.4. The molecule has 1 aliphatic carbocycles. The molecule has 3 aromatic rings. The van der Waals surface area contributed by atoms with Gasteiger partial charge in [0, 0.05) is 18.2 Å². The van der Waals surface area contributed by atoms with Gasteiger partial charge in [-0.15, -0.1) is 0 Å². The van der Waals surface area contributed by atoms with Gasteiger partial charge in [-0.1, -0.05) is 6.07 Å². The summed E-state index contributed by atoms with van der Waals surface area (Å²) < 4.78 is 45.4. The van der Waals surface area contributed by atoms with Crippen LogP contribution in [0.3, 0.4) is 0 Å². The third-order valence-electron chi connectivity index (χ3n) is 6.23. The number of amides is 1. The molecule has 2 aromatic heterocycles. The lowest BCUT2D eigenvalue weighted by atomic mass is 9.87. The lowest BCUT2D eigenvalue weighted by Crippen LogP contribution is -2.20. The topological polar surface area (TPSA) is 106 Å². The Balaban J connectivity index is 1.57. The van der Waals surface area contributed by atoms with Crippen LogP contribution < -0.4 is 5.32 Å². The Hall–Kier alpha value is -3.47. The fourth-order valence-electron chi connectivity index (χ4n) is 4.35. The van der Waals surface area contributed by atoms with Crippen molar-refractivity contribution in [3.05, 3.63) is 53.5 Å². The summed E-state index contributed by atoms with van der Waals surface area (Å²) in [5.41, 5.74) is -0.332. The summed E-state index contributed by atoms with van der Waals surface area (Å²) in [6.07, 6.45) is 0.353. The molecule has 1 fully saturated rings. The van der Waals surface area contributed by atoms with Gasteiger partial charge in [0.25, 0.3) is 0 Å². The van der Waals surface area contributed by atoms with Crippen LogP contribution in [0.5, 0.6) is 0 Å². The van der Waals surface area contributed by atoms with Crippen LogP contribution in [0.2, 0.25) is 0 Å². The smallest absolute Gasteiger partial charge is 0.433 e. The first-order valence-electron chi connectivity index (χ1n) is 11.2. The molecule has 1 saturated carbocycles. The van der Waals surface area contributed by atoms with Crippen LogP contribution in [-0.4, -0.2) is 45.5 Å². The van der Waals surface area contributed by atoms with Crippen molar-refractivity contribution in [2.75, 3.05) is 19.0 Å².